The van der Waals surface area contributed by atoms with Crippen LogP contribution in [-0.4, -0.2) is 10.9 Å². The van der Waals surface area contributed by atoms with Gasteiger partial charge in [-0.25, -0.2) is 0 Å². The molecule has 2 aromatic carbocycles. The fourth-order valence-corrected chi connectivity index (χ4v) is 2.38. The molecule has 0 bridgehead atoms. The number of rotatable bonds is 3. The number of allylic oxidation sites excluding steroid dienone is 1. The zero-order chi connectivity index (χ0) is 14.8. The number of para-hydroxylation sites is 1. The number of furan rings is 1. The molecule has 0 aliphatic carbocycles. The summed E-state index contributed by atoms with van der Waals surface area (Å²) >= 11 is 3.23. The first-order valence-electron chi connectivity index (χ1n) is 6.33. The molecule has 0 saturated carbocycles. The van der Waals surface area contributed by atoms with E-state index in [2.05, 4.69) is 15.9 Å². The Bertz CT molecular complexity index is 813. The Hall–Kier alpha value is -2.33. The fourth-order valence-electron chi connectivity index (χ4n) is 1.98. The molecule has 1 aromatic heterocycles. The summed E-state index contributed by atoms with van der Waals surface area (Å²) in [5.41, 5.74) is 1.51. The Kier molecular flexibility index (Phi) is 3.62. The van der Waals surface area contributed by atoms with Gasteiger partial charge in [-0.2, -0.15) is 0 Å². The first-order chi connectivity index (χ1) is 10.1. The van der Waals surface area contributed by atoms with Gasteiger partial charge in [0.1, 0.15) is 11.3 Å². The predicted molar refractivity (Wildman–Crippen MR) is 85.4 cm³/mol. The Morgan fingerprint density at radius 3 is 2.71 bits per heavy atom. The van der Waals surface area contributed by atoms with Crippen molar-refractivity contribution in [2.45, 2.75) is 0 Å². The topological polar surface area (TPSA) is 50.4 Å². The minimum Gasteiger partial charge on any atom is -0.507 e. The third kappa shape index (κ3) is 2.90. The Morgan fingerprint density at radius 1 is 1.14 bits per heavy atom. The number of hydrogen-bond acceptors (Lipinski definition) is 3. The van der Waals surface area contributed by atoms with Gasteiger partial charge in [0.2, 0.25) is 5.78 Å². The SMILES string of the molecule is O=C(/C=C/c1ccc(O)c(Br)c1)c1cc2ccccc2o1. The maximum Gasteiger partial charge on any atom is 0.221 e. The van der Waals surface area contributed by atoms with Crippen molar-refractivity contribution in [3.63, 3.8) is 0 Å². The quantitative estimate of drug-likeness (QED) is 0.549. The van der Waals surface area contributed by atoms with Crippen LogP contribution in [0.2, 0.25) is 0 Å². The van der Waals surface area contributed by atoms with Gasteiger partial charge in [0.25, 0.3) is 0 Å². The third-order valence-electron chi connectivity index (χ3n) is 3.07. The Morgan fingerprint density at radius 2 is 1.95 bits per heavy atom. The van der Waals surface area contributed by atoms with E-state index < -0.39 is 0 Å². The summed E-state index contributed by atoms with van der Waals surface area (Å²) in [5.74, 6) is 0.274. The van der Waals surface area contributed by atoms with Crippen LogP contribution < -0.4 is 0 Å². The predicted octanol–water partition coefficient (Wildman–Crippen LogP) is 4.80. The summed E-state index contributed by atoms with van der Waals surface area (Å²) in [6, 6.07) is 14.2. The van der Waals surface area contributed by atoms with Gasteiger partial charge < -0.3 is 9.52 Å². The van der Waals surface area contributed by atoms with Crippen LogP contribution in [0.1, 0.15) is 16.1 Å². The number of carbonyl (C=O) groups is 1. The van der Waals surface area contributed by atoms with Crippen LogP contribution >= 0.6 is 15.9 Å². The van der Waals surface area contributed by atoms with E-state index in [9.17, 15) is 9.90 Å². The Labute approximate surface area is 129 Å². The molecule has 1 heterocycles. The summed E-state index contributed by atoms with van der Waals surface area (Å²) in [5, 5.41) is 10.3. The first kappa shape index (κ1) is 13.6. The summed E-state index contributed by atoms with van der Waals surface area (Å²) in [6.45, 7) is 0. The van der Waals surface area contributed by atoms with Gasteiger partial charge in [-0.05, 0) is 51.8 Å². The summed E-state index contributed by atoms with van der Waals surface area (Å²) in [6.07, 6.45) is 3.14. The van der Waals surface area contributed by atoms with Crippen LogP contribution in [0.25, 0.3) is 17.0 Å². The van der Waals surface area contributed by atoms with Crippen LogP contribution in [0.4, 0.5) is 0 Å². The molecule has 0 atom stereocenters. The number of carbonyl (C=O) groups excluding carboxylic acids is 1. The van der Waals surface area contributed by atoms with E-state index in [1.807, 2.05) is 24.3 Å². The lowest BCUT2D eigenvalue weighted by molar-refractivity contribution is 0.102. The number of hydrogen-bond donors (Lipinski definition) is 1. The molecular formula is C17H11BrO3. The number of halogens is 1. The monoisotopic (exact) mass is 342 g/mol. The Balaban J connectivity index is 1.84. The van der Waals surface area contributed by atoms with E-state index in [4.69, 9.17) is 4.42 Å². The molecule has 0 fully saturated rings. The van der Waals surface area contributed by atoms with Crippen molar-refractivity contribution in [2.24, 2.45) is 0 Å². The lowest BCUT2D eigenvalue weighted by Gasteiger charge is -1.97. The second-order valence-corrected chi connectivity index (χ2v) is 5.41. The number of aromatic hydroxyl groups is 1. The van der Waals surface area contributed by atoms with Gasteiger partial charge >= 0.3 is 0 Å². The van der Waals surface area contributed by atoms with Crippen LogP contribution in [0.5, 0.6) is 5.75 Å². The summed E-state index contributed by atoms with van der Waals surface area (Å²) in [4.78, 5) is 12.1. The second-order valence-electron chi connectivity index (χ2n) is 4.56. The van der Waals surface area contributed by atoms with Crippen molar-refractivity contribution in [2.75, 3.05) is 0 Å². The molecule has 0 aliphatic heterocycles. The molecule has 3 nitrogen and oxygen atoms in total. The number of ketones is 1. The van der Waals surface area contributed by atoms with E-state index in [-0.39, 0.29) is 11.5 Å². The maximum atomic E-state index is 12.1. The van der Waals surface area contributed by atoms with Crippen molar-refractivity contribution >= 4 is 38.8 Å². The minimum atomic E-state index is -0.199. The van der Waals surface area contributed by atoms with Crippen molar-refractivity contribution in [1.82, 2.24) is 0 Å². The number of benzene rings is 2. The molecule has 0 radical (unpaired) electrons. The minimum absolute atomic E-state index is 0.163. The highest BCUT2D eigenvalue weighted by atomic mass is 79.9. The number of phenols is 1. The molecular weight excluding hydrogens is 332 g/mol. The van der Waals surface area contributed by atoms with E-state index in [1.54, 1.807) is 30.3 Å². The lowest BCUT2D eigenvalue weighted by atomic mass is 10.1. The third-order valence-corrected chi connectivity index (χ3v) is 3.70. The second kappa shape index (κ2) is 5.58. The van der Waals surface area contributed by atoms with Gasteiger partial charge in [0.05, 0.1) is 4.47 Å². The standard InChI is InChI=1S/C17H11BrO3/c18-13-9-11(5-7-14(13)19)6-8-15(20)17-10-12-3-1-2-4-16(12)21-17/h1-10,19H/b8-6+. The van der Waals surface area contributed by atoms with Gasteiger partial charge in [-0.15, -0.1) is 0 Å². The lowest BCUT2D eigenvalue weighted by Crippen LogP contribution is -1.90. The molecule has 0 unspecified atom stereocenters. The summed E-state index contributed by atoms with van der Waals surface area (Å²) in [7, 11) is 0. The molecule has 21 heavy (non-hydrogen) atoms. The summed E-state index contributed by atoms with van der Waals surface area (Å²) < 4.78 is 6.10. The zero-order valence-corrected chi connectivity index (χ0v) is 12.5. The molecule has 0 aliphatic rings. The molecule has 0 spiro atoms. The van der Waals surface area contributed by atoms with Gasteiger partial charge in [0.15, 0.2) is 5.76 Å². The van der Waals surface area contributed by atoms with Gasteiger partial charge in [-0.1, -0.05) is 30.3 Å². The zero-order valence-electron chi connectivity index (χ0n) is 10.9. The van der Waals surface area contributed by atoms with E-state index in [0.29, 0.717) is 15.8 Å². The van der Waals surface area contributed by atoms with Crippen LogP contribution in [0.3, 0.4) is 0 Å². The highest BCUT2D eigenvalue weighted by Crippen LogP contribution is 2.25. The molecule has 0 amide bonds. The highest BCUT2D eigenvalue weighted by molar-refractivity contribution is 9.10. The molecule has 0 saturated heterocycles. The number of fused-ring (bicyclic) bond motifs is 1. The average Bonchev–Trinajstić information content (AvgIpc) is 2.92. The van der Waals surface area contributed by atoms with Gasteiger partial charge in [-0.3, -0.25) is 4.79 Å². The normalized spacial score (nSPS) is 11.3. The first-order valence-corrected chi connectivity index (χ1v) is 7.12. The smallest absolute Gasteiger partial charge is 0.221 e. The molecule has 3 aromatic rings. The molecule has 104 valence electrons. The van der Waals surface area contributed by atoms with Crippen LogP contribution in [0.15, 0.2) is 63.5 Å². The molecule has 1 N–H and O–H groups in total. The maximum absolute atomic E-state index is 12.1. The van der Waals surface area contributed by atoms with Crippen molar-refractivity contribution < 1.29 is 14.3 Å². The van der Waals surface area contributed by atoms with Crippen LogP contribution in [-0.2, 0) is 0 Å². The molecule has 3 rings (SSSR count). The largest absolute Gasteiger partial charge is 0.507 e. The van der Waals surface area contributed by atoms with Crippen molar-refractivity contribution in [1.29, 1.82) is 0 Å². The number of phenolic OH excluding ortho intramolecular Hbond substituents is 1. The van der Waals surface area contributed by atoms with E-state index >= 15 is 0 Å². The van der Waals surface area contributed by atoms with E-state index in [0.717, 1.165) is 10.9 Å². The molecule has 4 heteroatoms. The van der Waals surface area contributed by atoms with Crippen LogP contribution in [0, 0.1) is 0 Å². The van der Waals surface area contributed by atoms with Crippen molar-refractivity contribution in [3.05, 3.63) is 70.4 Å². The van der Waals surface area contributed by atoms with Gasteiger partial charge in [0, 0.05) is 5.39 Å². The fraction of sp³-hybridized carbons (Fsp3) is 0. The van der Waals surface area contributed by atoms with E-state index in [1.165, 1.54) is 6.08 Å². The highest BCUT2D eigenvalue weighted by Gasteiger charge is 2.09. The average molecular weight is 343 g/mol. The van der Waals surface area contributed by atoms with Crippen molar-refractivity contribution in [3.8, 4) is 5.75 Å².